The Hall–Kier alpha value is -7.79. The van der Waals surface area contributed by atoms with Crippen molar-refractivity contribution in [2.45, 2.75) is 15.2 Å². The van der Waals surface area contributed by atoms with E-state index in [9.17, 15) is 0 Å². The quantitative estimate of drug-likeness (QED) is 0.166. The molecule has 0 N–H and O–H groups in total. The largest absolute Gasteiger partial charge is 0.455 e. The van der Waals surface area contributed by atoms with Crippen molar-refractivity contribution in [1.82, 2.24) is 0 Å². The SMILES string of the molecule is c1ccc(N(c2ccccc2)c2cc(N(c3ccccc3)c3cccc4c3-c3ccccc3C43c4ccccc4Sc4ccccc43)c3c(c2)oc2c4ccccc4ccc23)cc1. The number of fused-ring (bicyclic) bond motifs is 14. The molecule has 1 aliphatic heterocycles. The van der Waals surface area contributed by atoms with Crippen LogP contribution in [0.4, 0.5) is 34.1 Å². The maximum Gasteiger partial charge on any atom is 0.143 e. The Morgan fingerprint density at radius 1 is 0.381 bits per heavy atom. The van der Waals surface area contributed by atoms with Crippen LogP contribution in [0.5, 0.6) is 0 Å². The summed E-state index contributed by atoms with van der Waals surface area (Å²) in [7, 11) is 0. The predicted octanol–water partition coefficient (Wildman–Crippen LogP) is 16.5. The summed E-state index contributed by atoms with van der Waals surface area (Å²) in [5.41, 5.74) is 15.2. The Morgan fingerprint density at radius 2 is 0.937 bits per heavy atom. The molecule has 10 aromatic carbocycles. The minimum absolute atomic E-state index is 0.515. The van der Waals surface area contributed by atoms with E-state index in [1.807, 2.05) is 11.8 Å². The first-order valence-corrected chi connectivity index (χ1v) is 22.3. The molecule has 63 heavy (non-hydrogen) atoms. The highest BCUT2D eigenvalue weighted by Gasteiger charge is 2.51. The Labute approximate surface area is 370 Å². The van der Waals surface area contributed by atoms with Gasteiger partial charge in [0.15, 0.2) is 0 Å². The monoisotopic (exact) mass is 822 g/mol. The van der Waals surface area contributed by atoms with Gasteiger partial charge in [-0.3, -0.25) is 0 Å². The van der Waals surface area contributed by atoms with E-state index in [0.29, 0.717) is 0 Å². The molecule has 1 spiro atoms. The summed E-state index contributed by atoms with van der Waals surface area (Å²) in [6.07, 6.45) is 0. The van der Waals surface area contributed by atoms with Crippen molar-refractivity contribution in [1.29, 1.82) is 0 Å². The number of nitrogens with zero attached hydrogens (tertiary/aromatic N) is 2. The Kier molecular flexibility index (Phi) is 8.06. The topological polar surface area (TPSA) is 19.6 Å². The van der Waals surface area contributed by atoms with E-state index in [2.05, 4.69) is 240 Å². The Morgan fingerprint density at radius 3 is 1.62 bits per heavy atom. The van der Waals surface area contributed by atoms with Gasteiger partial charge < -0.3 is 14.2 Å². The smallest absolute Gasteiger partial charge is 0.143 e. The minimum Gasteiger partial charge on any atom is -0.455 e. The van der Waals surface area contributed by atoms with Gasteiger partial charge in [-0.2, -0.15) is 0 Å². The third-order valence-corrected chi connectivity index (χ3v) is 14.2. The molecule has 0 saturated heterocycles. The molecule has 2 heterocycles. The summed E-state index contributed by atoms with van der Waals surface area (Å²) < 4.78 is 7.15. The fourth-order valence-corrected chi connectivity index (χ4v) is 11.8. The van der Waals surface area contributed by atoms with E-state index in [-0.39, 0.29) is 0 Å². The molecule has 0 saturated carbocycles. The molecule has 4 heteroatoms. The number of hydrogen-bond acceptors (Lipinski definition) is 4. The van der Waals surface area contributed by atoms with E-state index >= 15 is 0 Å². The van der Waals surface area contributed by atoms with Gasteiger partial charge in [0.1, 0.15) is 11.2 Å². The van der Waals surface area contributed by atoms with Crippen LogP contribution in [0, 0.1) is 0 Å². The molecule has 0 radical (unpaired) electrons. The second-order valence-corrected chi connectivity index (χ2v) is 17.5. The molecule has 11 aromatic rings. The first-order chi connectivity index (χ1) is 31.3. The number of benzene rings is 10. The zero-order valence-corrected chi connectivity index (χ0v) is 35.0. The van der Waals surface area contributed by atoms with Gasteiger partial charge in [0.25, 0.3) is 0 Å². The molecule has 0 unspecified atom stereocenters. The normalized spacial score (nSPS) is 13.1. The average Bonchev–Trinajstić information content (AvgIpc) is 3.88. The van der Waals surface area contributed by atoms with Crippen molar-refractivity contribution in [2.24, 2.45) is 0 Å². The van der Waals surface area contributed by atoms with Crippen molar-refractivity contribution >= 4 is 78.6 Å². The van der Waals surface area contributed by atoms with E-state index < -0.39 is 5.41 Å². The number of para-hydroxylation sites is 3. The lowest BCUT2D eigenvalue weighted by molar-refractivity contribution is 0.673. The van der Waals surface area contributed by atoms with Gasteiger partial charge in [-0.1, -0.05) is 169 Å². The third kappa shape index (κ3) is 5.29. The zero-order chi connectivity index (χ0) is 41.5. The maximum atomic E-state index is 7.15. The average molecular weight is 823 g/mol. The molecular formula is C59H38N2OS. The van der Waals surface area contributed by atoms with Crippen LogP contribution >= 0.6 is 11.8 Å². The van der Waals surface area contributed by atoms with Gasteiger partial charge in [-0.25, -0.2) is 0 Å². The Bertz CT molecular complexity index is 3480. The molecule has 296 valence electrons. The van der Waals surface area contributed by atoms with Gasteiger partial charge in [0.2, 0.25) is 0 Å². The van der Waals surface area contributed by atoms with Crippen molar-refractivity contribution in [2.75, 3.05) is 9.80 Å². The first-order valence-electron chi connectivity index (χ1n) is 21.5. The van der Waals surface area contributed by atoms with Crippen LogP contribution in [0.3, 0.4) is 0 Å². The molecular weight excluding hydrogens is 785 g/mol. The van der Waals surface area contributed by atoms with E-state index in [1.54, 1.807) is 0 Å². The second-order valence-electron chi connectivity index (χ2n) is 16.4. The molecule has 0 atom stereocenters. The molecule has 3 nitrogen and oxygen atoms in total. The third-order valence-electron chi connectivity index (χ3n) is 13.1. The summed E-state index contributed by atoms with van der Waals surface area (Å²) in [6.45, 7) is 0. The van der Waals surface area contributed by atoms with Crippen LogP contribution in [0.2, 0.25) is 0 Å². The molecule has 13 rings (SSSR count). The van der Waals surface area contributed by atoms with Crippen LogP contribution in [-0.2, 0) is 5.41 Å². The molecule has 0 amide bonds. The number of furan rings is 1. The number of rotatable bonds is 6. The zero-order valence-electron chi connectivity index (χ0n) is 34.2. The lowest BCUT2D eigenvalue weighted by Crippen LogP contribution is -2.32. The van der Waals surface area contributed by atoms with Gasteiger partial charge >= 0.3 is 0 Å². The standard InChI is InChI=1S/C59H38N2OS/c1-4-20-40(21-5-1)60(41-22-6-2-7-23-41)43-37-52(57-46-36-35-39-19-10-11-26-44(39)58(46)62-53(57)38-43)61(42-24-8-3-9-25-42)51-32-18-31-50-56(51)45-27-12-13-28-47(45)59(50)48-29-14-16-33-54(48)63-55-34-17-15-30-49(55)59/h1-38H. The van der Waals surface area contributed by atoms with Crippen molar-refractivity contribution in [3.63, 3.8) is 0 Å². The molecule has 0 bridgehead atoms. The highest BCUT2D eigenvalue weighted by atomic mass is 32.2. The predicted molar refractivity (Wildman–Crippen MR) is 262 cm³/mol. The highest BCUT2D eigenvalue weighted by Crippen LogP contribution is 2.64. The first kappa shape index (κ1) is 35.9. The minimum atomic E-state index is -0.515. The maximum absolute atomic E-state index is 7.15. The number of hydrogen-bond donors (Lipinski definition) is 0. The van der Waals surface area contributed by atoms with E-state index in [0.717, 1.165) is 66.8 Å². The fraction of sp³-hybridized carbons (Fsp3) is 0.0169. The van der Waals surface area contributed by atoms with Crippen LogP contribution in [0.25, 0.3) is 43.8 Å². The summed E-state index contributed by atoms with van der Waals surface area (Å²) in [5, 5.41) is 4.38. The van der Waals surface area contributed by atoms with Crippen LogP contribution in [-0.4, -0.2) is 0 Å². The van der Waals surface area contributed by atoms with Crippen molar-refractivity contribution < 1.29 is 4.42 Å². The Balaban J connectivity index is 1.17. The van der Waals surface area contributed by atoms with Gasteiger partial charge in [0, 0.05) is 49.3 Å². The van der Waals surface area contributed by atoms with Gasteiger partial charge in [0.05, 0.1) is 27.9 Å². The number of anilines is 6. The van der Waals surface area contributed by atoms with Crippen LogP contribution in [0.1, 0.15) is 22.3 Å². The van der Waals surface area contributed by atoms with Crippen LogP contribution < -0.4 is 9.80 Å². The van der Waals surface area contributed by atoms with Crippen LogP contribution in [0.15, 0.2) is 245 Å². The van der Waals surface area contributed by atoms with Crippen molar-refractivity contribution in [3.05, 3.63) is 253 Å². The lowest BCUT2D eigenvalue weighted by Gasteiger charge is -2.39. The molecule has 0 fully saturated rings. The molecule has 1 aliphatic carbocycles. The van der Waals surface area contributed by atoms with Crippen molar-refractivity contribution in [3.8, 4) is 11.1 Å². The summed E-state index contributed by atoms with van der Waals surface area (Å²) in [5.74, 6) is 0. The lowest BCUT2D eigenvalue weighted by atomic mass is 9.67. The van der Waals surface area contributed by atoms with E-state index in [1.165, 1.54) is 43.2 Å². The molecule has 2 aliphatic rings. The summed E-state index contributed by atoms with van der Waals surface area (Å²) >= 11 is 1.88. The van der Waals surface area contributed by atoms with Gasteiger partial charge in [-0.15, -0.1) is 0 Å². The second kappa shape index (κ2) is 14.1. The highest BCUT2D eigenvalue weighted by molar-refractivity contribution is 7.99. The summed E-state index contributed by atoms with van der Waals surface area (Å²) in [6, 6.07) is 83.9. The summed E-state index contributed by atoms with van der Waals surface area (Å²) in [4.78, 5) is 7.41. The van der Waals surface area contributed by atoms with Gasteiger partial charge in [-0.05, 0) is 99.9 Å². The molecule has 1 aromatic heterocycles. The van der Waals surface area contributed by atoms with E-state index in [4.69, 9.17) is 4.42 Å². The fourth-order valence-electron chi connectivity index (χ4n) is 10.6.